The van der Waals surface area contributed by atoms with Gasteiger partial charge in [0.05, 0.1) is 7.11 Å². The second-order valence-corrected chi connectivity index (χ2v) is 4.25. The maximum absolute atomic E-state index is 11.1. The predicted octanol–water partition coefficient (Wildman–Crippen LogP) is 2.15. The molecule has 1 aliphatic rings. The highest BCUT2D eigenvalue weighted by molar-refractivity contribution is 5.79. The average Bonchev–Trinajstić information content (AvgIpc) is 2.26. The molecule has 0 aromatic carbocycles. The Morgan fingerprint density at radius 2 is 2.13 bits per heavy atom. The lowest BCUT2D eigenvalue weighted by atomic mass is 9.78. The highest BCUT2D eigenvalue weighted by Gasteiger charge is 2.24. The molecule has 85 valence electrons. The normalized spacial score (nSPS) is 26.0. The monoisotopic (exact) mass is 211 g/mol. The summed E-state index contributed by atoms with van der Waals surface area (Å²) in [5, 5.41) is 0. The van der Waals surface area contributed by atoms with Gasteiger partial charge in [-0.1, -0.05) is 0 Å². The molecule has 0 heterocycles. The van der Waals surface area contributed by atoms with E-state index >= 15 is 0 Å². The van der Waals surface area contributed by atoms with Gasteiger partial charge in [-0.15, -0.1) is 0 Å². The van der Waals surface area contributed by atoms with Crippen molar-refractivity contribution in [2.24, 2.45) is 11.8 Å². The Labute approximate surface area is 91.2 Å². The van der Waals surface area contributed by atoms with Crippen LogP contribution in [0.4, 0.5) is 0 Å². The van der Waals surface area contributed by atoms with Gasteiger partial charge in [-0.05, 0) is 44.9 Å². The van der Waals surface area contributed by atoms with Gasteiger partial charge in [-0.25, -0.2) is 0 Å². The lowest BCUT2D eigenvalue weighted by Crippen LogP contribution is -2.21. The summed E-state index contributed by atoms with van der Waals surface area (Å²) in [5.41, 5.74) is 0. The van der Waals surface area contributed by atoms with E-state index in [-0.39, 0.29) is 17.7 Å². The first-order valence-corrected chi connectivity index (χ1v) is 5.54. The largest absolute Gasteiger partial charge is 0.469 e. The molecule has 0 N–H and O–H groups in total. The highest BCUT2D eigenvalue weighted by Crippen LogP contribution is 2.31. The van der Waals surface area contributed by atoms with Gasteiger partial charge >= 0.3 is 5.97 Å². The molecule has 0 saturated heterocycles. The minimum atomic E-state index is -0.135. The lowest BCUT2D eigenvalue weighted by molar-refractivity contribution is -0.141. The lowest BCUT2D eigenvalue weighted by Gasteiger charge is -2.26. The molecule has 1 rings (SSSR count). The topological polar surface area (TPSA) is 43.4 Å². The molecule has 1 saturated carbocycles. The summed E-state index contributed by atoms with van der Waals surface area (Å²) in [6, 6.07) is 0. The molecular weight excluding hydrogens is 192 g/mol. The first-order chi connectivity index (χ1) is 7.13. The molecule has 0 aromatic heterocycles. The summed E-state index contributed by atoms with van der Waals surface area (Å²) in [6.07, 6.45) is 6.45. The average molecular weight is 211 g/mol. The third-order valence-electron chi connectivity index (χ3n) is 3.15. The standard InChI is InChI=1S/C12H19O3/c1-9(13)11-6-3-10(4-7-11)5-8-12(14)15-2/h6,10-11H,3-5,7-8H2,1-2H3. The van der Waals surface area contributed by atoms with Crippen molar-refractivity contribution in [3.8, 4) is 0 Å². The van der Waals surface area contributed by atoms with Crippen LogP contribution in [-0.4, -0.2) is 18.9 Å². The second-order valence-electron chi connectivity index (χ2n) is 4.25. The maximum Gasteiger partial charge on any atom is 0.305 e. The van der Waals surface area contributed by atoms with Crippen LogP contribution in [0.2, 0.25) is 0 Å². The first-order valence-electron chi connectivity index (χ1n) is 5.54. The number of esters is 1. The van der Waals surface area contributed by atoms with Crippen molar-refractivity contribution in [2.75, 3.05) is 7.11 Å². The fourth-order valence-corrected chi connectivity index (χ4v) is 2.06. The van der Waals surface area contributed by atoms with Gasteiger partial charge in [0.25, 0.3) is 0 Å². The van der Waals surface area contributed by atoms with Crippen LogP contribution in [0.3, 0.4) is 0 Å². The SMILES string of the molecule is COC(=O)CCC1C[CH]C(C(C)=O)CC1. The Kier molecular flexibility index (Phi) is 4.79. The van der Waals surface area contributed by atoms with E-state index in [2.05, 4.69) is 11.2 Å². The van der Waals surface area contributed by atoms with Gasteiger partial charge in [0, 0.05) is 12.3 Å². The minimum absolute atomic E-state index is 0.135. The minimum Gasteiger partial charge on any atom is -0.469 e. The molecule has 3 nitrogen and oxygen atoms in total. The van der Waals surface area contributed by atoms with E-state index in [4.69, 9.17) is 0 Å². The van der Waals surface area contributed by atoms with Crippen molar-refractivity contribution in [1.82, 2.24) is 0 Å². The fourth-order valence-electron chi connectivity index (χ4n) is 2.06. The molecular formula is C12H19O3. The van der Waals surface area contributed by atoms with Crippen molar-refractivity contribution in [2.45, 2.75) is 39.0 Å². The van der Waals surface area contributed by atoms with Gasteiger partial charge < -0.3 is 4.74 Å². The van der Waals surface area contributed by atoms with Crippen LogP contribution in [0.1, 0.15) is 39.0 Å². The van der Waals surface area contributed by atoms with E-state index in [1.807, 2.05) is 0 Å². The van der Waals surface area contributed by atoms with E-state index in [1.54, 1.807) is 6.92 Å². The zero-order valence-corrected chi connectivity index (χ0v) is 9.49. The third kappa shape index (κ3) is 4.02. The Hall–Kier alpha value is -0.860. The smallest absolute Gasteiger partial charge is 0.305 e. The fraction of sp³-hybridized carbons (Fsp3) is 0.750. The van der Waals surface area contributed by atoms with E-state index in [0.717, 1.165) is 25.7 Å². The van der Waals surface area contributed by atoms with Gasteiger partial charge in [0.1, 0.15) is 5.78 Å². The molecule has 2 unspecified atom stereocenters. The van der Waals surface area contributed by atoms with Crippen LogP contribution in [0.5, 0.6) is 0 Å². The van der Waals surface area contributed by atoms with E-state index in [1.165, 1.54) is 7.11 Å². The number of ether oxygens (including phenoxy) is 1. The van der Waals surface area contributed by atoms with Crippen molar-refractivity contribution in [3.05, 3.63) is 6.42 Å². The predicted molar refractivity (Wildman–Crippen MR) is 57.1 cm³/mol. The molecule has 1 fully saturated rings. The molecule has 0 aliphatic heterocycles. The van der Waals surface area contributed by atoms with Gasteiger partial charge in [0.2, 0.25) is 0 Å². The van der Waals surface area contributed by atoms with Crippen LogP contribution in [0, 0.1) is 18.3 Å². The molecule has 2 atom stereocenters. The van der Waals surface area contributed by atoms with E-state index in [0.29, 0.717) is 12.3 Å². The number of ketones is 1. The number of carbonyl (C=O) groups is 2. The second kappa shape index (κ2) is 5.89. The molecule has 0 bridgehead atoms. The quantitative estimate of drug-likeness (QED) is 0.669. The van der Waals surface area contributed by atoms with Crippen LogP contribution in [0.15, 0.2) is 0 Å². The molecule has 0 aromatic rings. The molecule has 0 spiro atoms. The molecule has 1 aliphatic carbocycles. The van der Waals surface area contributed by atoms with Crippen molar-refractivity contribution >= 4 is 11.8 Å². The van der Waals surface area contributed by atoms with E-state index in [9.17, 15) is 9.59 Å². The molecule has 1 radical (unpaired) electrons. The van der Waals surface area contributed by atoms with Crippen LogP contribution in [0.25, 0.3) is 0 Å². The van der Waals surface area contributed by atoms with Crippen molar-refractivity contribution in [1.29, 1.82) is 0 Å². The van der Waals surface area contributed by atoms with E-state index < -0.39 is 0 Å². The Morgan fingerprint density at radius 1 is 1.40 bits per heavy atom. The number of methoxy groups -OCH3 is 1. The van der Waals surface area contributed by atoms with Crippen LogP contribution < -0.4 is 0 Å². The Bertz CT molecular complexity index is 227. The number of rotatable bonds is 4. The van der Waals surface area contributed by atoms with Crippen molar-refractivity contribution in [3.63, 3.8) is 0 Å². The zero-order valence-electron chi connectivity index (χ0n) is 9.49. The summed E-state index contributed by atoms with van der Waals surface area (Å²) in [4.78, 5) is 22.1. The number of carbonyl (C=O) groups excluding carboxylic acids is 2. The summed E-state index contributed by atoms with van der Waals surface area (Å²) in [7, 11) is 1.42. The summed E-state index contributed by atoms with van der Waals surface area (Å²) < 4.78 is 4.60. The number of hydrogen-bond donors (Lipinski definition) is 0. The Morgan fingerprint density at radius 3 is 2.60 bits per heavy atom. The van der Waals surface area contributed by atoms with Gasteiger partial charge in [-0.3, -0.25) is 9.59 Å². The first kappa shape index (κ1) is 12.2. The Balaban J connectivity index is 2.20. The maximum atomic E-state index is 11.1. The van der Waals surface area contributed by atoms with Crippen molar-refractivity contribution < 1.29 is 14.3 Å². The third-order valence-corrected chi connectivity index (χ3v) is 3.15. The molecule has 15 heavy (non-hydrogen) atoms. The summed E-state index contributed by atoms with van der Waals surface area (Å²) in [5.74, 6) is 0.837. The molecule has 3 heteroatoms. The highest BCUT2D eigenvalue weighted by atomic mass is 16.5. The van der Waals surface area contributed by atoms with Crippen LogP contribution in [-0.2, 0) is 14.3 Å². The summed E-state index contributed by atoms with van der Waals surface area (Å²) in [6.45, 7) is 1.65. The van der Waals surface area contributed by atoms with Crippen LogP contribution >= 0.6 is 0 Å². The van der Waals surface area contributed by atoms with Gasteiger partial charge in [-0.2, -0.15) is 0 Å². The van der Waals surface area contributed by atoms with Gasteiger partial charge in [0.15, 0.2) is 0 Å². The number of Topliss-reactive ketones (excluding diaryl/α,β-unsaturated/α-hetero) is 1. The summed E-state index contributed by atoms with van der Waals surface area (Å²) >= 11 is 0. The molecule has 0 amide bonds. The zero-order chi connectivity index (χ0) is 11.3. The number of hydrogen-bond acceptors (Lipinski definition) is 3.